The van der Waals surface area contributed by atoms with E-state index in [9.17, 15) is 4.79 Å². The van der Waals surface area contributed by atoms with Gasteiger partial charge in [0, 0.05) is 23.6 Å². The molecule has 19 heavy (non-hydrogen) atoms. The summed E-state index contributed by atoms with van der Waals surface area (Å²) in [6.07, 6.45) is 2.29. The van der Waals surface area contributed by atoms with Crippen molar-refractivity contribution < 1.29 is 0 Å². The van der Waals surface area contributed by atoms with Gasteiger partial charge in [0.2, 0.25) is 0 Å². The number of aryl methyl sites for hydroxylation is 1. The van der Waals surface area contributed by atoms with Gasteiger partial charge in [0.1, 0.15) is 0 Å². The Hall–Kier alpha value is -0.810. The Morgan fingerprint density at radius 3 is 2.79 bits per heavy atom. The Morgan fingerprint density at radius 2 is 2.21 bits per heavy atom. The van der Waals surface area contributed by atoms with Gasteiger partial charge in [0.15, 0.2) is 5.16 Å². The largest absolute Gasteiger partial charge is 0.313 e. The van der Waals surface area contributed by atoms with Crippen LogP contribution in [0.25, 0.3) is 0 Å². The lowest BCUT2D eigenvalue weighted by molar-refractivity contribution is 0.396. The number of nitrogens with zero attached hydrogens (tertiary/aromatic N) is 1. The average Bonchev–Trinajstić information content (AvgIpc) is 2.37. The molecule has 0 radical (unpaired) electrons. The lowest BCUT2D eigenvalue weighted by Gasteiger charge is -2.23. The lowest BCUT2D eigenvalue weighted by atomic mass is 10.0. The maximum Gasteiger partial charge on any atom is 0.251 e. The molecule has 5 heteroatoms. The molecule has 2 unspecified atom stereocenters. The molecule has 0 saturated heterocycles. The van der Waals surface area contributed by atoms with Crippen LogP contribution in [0, 0.1) is 12.8 Å². The van der Waals surface area contributed by atoms with Crippen molar-refractivity contribution in [2.75, 3.05) is 12.3 Å². The zero-order valence-corrected chi connectivity index (χ0v) is 13.1. The van der Waals surface area contributed by atoms with Gasteiger partial charge in [-0.2, -0.15) is 0 Å². The molecule has 0 aliphatic carbocycles. The van der Waals surface area contributed by atoms with Crippen LogP contribution in [0.15, 0.2) is 16.0 Å². The average molecular weight is 283 g/mol. The predicted octanol–water partition coefficient (Wildman–Crippen LogP) is 2.58. The molecule has 0 spiro atoms. The van der Waals surface area contributed by atoms with Crippen molar-refractivity contribution in [3.8, 4) is 0 Å². The van der Waals surface area contributed by atoms with Crippen LogP contribution >= 0.6 is 11.8 Å². The summed E-state index contributed by atoms with van der Waals surface area (Å²) in [6.45, 7) is 9.53. The van der Waals surface area contributed by atoms with Crippen molar-refractivity contribution in [1.29, 1.82) is 0 Å². The second-order valence-electron chi connectivity index (χ2n) is 4.95. The summed E-state index contributed by atoms with van der Waals surface area (Å²) in [5.74, 6) is 1.55. The number of hydrogen-bond donors (Lipinski definition) is 2. The molecule has 0 bridgehead atoms. The molecule has 4 nitrogen and oxygen atoms in total. The molecule has 108 valence electrons. The topological polar surface area (TPSA) is 57.8 Å². The SMILES string of the molecule is CCCNC(CSc1nc(C)cc(=O)[nH]1)C(C)CC. The third-order valence-corrected chi connectivity index (χ3v) is 4.23. The predicted molar refractivity (Wildman–Crippen MR) is 81.9 cm³/mol. The highest BCUT2D eigenvalue weighted by atomic mass is 32.2. The summed E-state index contributed by atoms with van der Waals surface area (Å²) in [7, 11) is 0. The van der Waals surface area contributed by atoms with Gasteiger partial charge in [-0.15, -0.1) is 0 Å². The lowest BCUT2D eigenvalue weighted by Crippen LogP contribution is -2.37. The first-order chi connectivity index (χ1) is 9.06. The first-order valence-corrected chi connectivity index (χ1v) is 7.99. The third-order valence-electron chi connectivity index (χ3n) is 3.23. The summed E-state index contributed by atoms with van der Waals surface area (Å²) in [4.78, 5) is 18.5. The quantitative estimate of drug-likeness (QED) is 0.569. The molecule has 1 rings (SSSR count). The number of H-pyrrole nitrogens is 1. The first kappa shape index (κ1) is 16.2. The van der Waals surface area contributed by atoms with Crippen molar-refractivity contribution in [2.24, 2.45) is 5.92 Å². The molecular formula is C14H25N3OS. The molecule has 1 aromatic heterocycles. The second-order valence-corrected chi connectivity index (χ2v) is 5.96. The van der Waals surface area contributed by atoms with Crippen molar-refractivity contribution in [2.45, 2.75) is 51.7 Å². The Balaban J connectivity index is 2.61. The van der Waals surface area contributed by atoms with E-state index in [0.717, 1.165) is 36.0 Å². The van der Waals surface area contributed by atoms with E-state index in [1.807, 2.05) is 6.92 Å². The third kappa shape index (κ3) is 5.78. The van der Waals surface area contributed by atoms with Crippen LogP contribution in [0.1, 0.15) is 39.3 Å². The van der Waals surface area contributed by atoms with Crippen LogP contribution in [0.5, 0.6) is 0 Å². The van der Waals surface area contributed by atoms with Gasteiger partial charge in [-0.25, -0.2) is 4.98 Å². The van der Waals surface area contributed by atoms with Gasteiger partial charge in [-0.3, -0.25) is 4.79 Å². The highest BCUT2D eigenvalue weighted by Gasteiger charge is 2.15. The molecule has 0 aliphatic rings. The molecule has 0 aromatic carbocycles. The molecule has 0 amide bonds. The molecular weight excluding hydrogens is 258 g/mol. The normalized spacial score (nSPS) is 14.3. The molecule has 2 atom stereocenters. The highest BCUT2D eigenvalue weighted by Crippen LogP contribution is 2.18. The van der Waals surface area contributed by atoms with Gasteiger partial charge in [0.05, 0.1) is 0 Å². The summed E-state index contributed by atoms with van der Waals surface area (Å²) in [5.41, 5.74) is 0.699. The van der Waals surface area contributed by atoms with Gasteiger partial charge in [-0.1, -0.05) is 39.0 Å². The van der Waals surface area contributed by atoms with E-state index in [0.29, 0.717) is 12.0 Å². The Morgan fingerprint density at radius 1 is 1.47 bits per heavy atom. The second kappa shape index (κ2) is 8.38. The van der Waals surface area contributed by atoms with E-state index in [1.165, 1.54) is 6.07 Å². The van der Waals surface area contributed by atoms with Crippen LogP contribution in [-0.2, 0) is 0 Å². The summed E-state index contributed by atoms with van der Waals surface area (Å²) in [6, 6.07) is 1.98. The van der Waals surface area contributed by atoms with Crippen LogP contribution in [0.4, 0.5) is 0 Å². The van der Waals surface area contributed by atoms with E-state index in [4.69, 9.17) is 0 Å². The Kier molecular flexibility index (Phi) is 7.16. The Bertz CT molecular complexity index is 433. The minimum Gasteiger partial charge on any atom is -0.313 e. The van der Waals surface area contributed by atoms with Crippen LogP contribution in [0.3, 0.4) is 0 Å². The zero-order chi connectivity index (χ0) is 14.3. The van der Waals surface area contributed by atoms with E-state index >= 15 is 0 Å². The maximum absolute atomic E-state index is 11.4. The van der Waals surface area contributed by atoms with Crippen molar-refractivity contribution in [3.05, 3.63) is 22.1 Å². The number of hydrogen-bond acceptors (Lipinski definition) is 4. The molecule has 0 saturated carbocycles. The number of thioether (sulfide) groups is 1. The van der Waals surface area contributed by atoms with Crippen LogP contribution < -0.4 is 10.9 Å². The smallest absolute Gasteiger partial charge is 0.251 e. The summed E-state index contributed by atoms with van der Waals surface area (Å²) >= 11 is 1.62. The van der Waals surface area contributed by atoms with Gasteiger partial charge in [-0.05, 0) is 25.8 Å². The zero-order valence-electron chi connectivity index (χ0n) is 12.3. The van der Waals surface area contributed by atoms with Crippen LogP contribution in [0.2, 0.25) is 0 Å². The fraction of sp³-hybridized carbons (Fsp3) is 0.714. The van der Waals surface area contributed by atoms with Crippen molar-refractivity contribution >= 4 is 11.8 Å². The molecule has 1 aromatic rings. The first-order valence-electron chi connectivity index (χ1n) is 7.01. The minimum atomic E-state index is -0.0726. The van der Waals surface area contributed by atoms with E-state index in [1.54, 1.807) is 11.8 Å². The standard InChI is InChI=1S/C14H25N3OS/c1-5-7-15-12(10(3)6-2)9-19-14-16-11(4)8-13(18)17-14/h8,10,12,15H,5-7,9H2,1-4H3,(H,16,17,18). The molecule has 1 heterocycles. The monoisotopic (exact) mass is 283 g/mol. The number of aromatic amines is 1. The van der Waals surface area contributed by atoms with E-state index < -0.39 is 0 Å². The van der Waals surface area contributed by atoms with Crippen LogP contribution in [-0.4, -0.2) is 28.3 Å². The van der Waals surface area contributed by atoms with Crippen molar-refractivity contribution in [3.63, 3.8) is 0 Å². The summed E-state index contributed by atoms with van der Waals surface area (Å²) in [5, 5.41) is 4.30. The van der Waals surface area contributed by atoms with E-state index in [2.05, 4.69) is 36.1 Å². The van der Waals surface area contributed by atoms with Gasteiger partial charge >= 0.3 is 0 Å². The fourth-order valence-electron chi connectivity index (χ4n) is 1.83. The van der Waals surface area contributed by atoms with E-state index in [-0.39, 0.29) is 5.56 Å². The minimum absolute atomic E-state index is 0.0726. The number of aromatic nitrogens is 2. The summed E-state index contributed by atoms with van der Waals surface area (Å²) < 4.78 is 0. The van der Waals surface area contributed by atoms with Gasteiger partial charge < -0.3 is 10.3 Å². The molecule has 2 N–H and O–H groups in total. The fourth-order valence-corrected chi connectivity index (χ4v) is 2.99. The molecule has 0 fully saturated rings. The highest BCUT2D eigenvalue weighted by molar-refractivity contribution is 7.99. The van der Waals surface area contributed by atoms with Crippen molar-refractivity contribution in [1.82, 2.24) is 15.3 Å². The Labute approximate surface area is 119 Å². The van der Waals surface area contributed by atoms with Gasteiger partial charge in [0.25, 0.3) is 5.56 Å². The molecule has 0 aliphatic heterocycles. The number of nitrogens with one attached hydrogen (secondary N) is 2. The maximum atomic E-state index is 11.4. The number of rotatable bonds is 8.